The third-order valence-corrected chi connectivity index (χ3v) is 6.65. The smallest absolute Gasteiger partial charge is 0.184 e. The van der Waals surface area contributed by atoms with E-state index < -0.39 is 5.60 Å². The summed E-state index contributed by atoms with van der Waals surface area (Å²) in [5.74, 6) is 1.64. The Morgan fingerprint density at radius 2 is 1.41 bits per heavy atom. The number of fused-ring (bicyclic) bond motifs is 5. The summed E-state index contributed by atoms with van der Waals surface area (Å²) >= 11 is 0. The zero-order chi connectivity index (χ0) is 19.8. The van der Waals surface area contributed by atoms with Crippen LogP contribution in [0.3, 0.4) is 0 Å². The van der Waals surface area contributed by atoms with Crippen LogP contribution in [0.4, 0.5) is 5.69 Å². The van der Waals surface area contributed by atoms with Crippen LogP contribution in [0.5, 0.6) is 5.75 Å². The molecule has 0 unspecified atom stereocenters. The fourth-order valence-corrected chi connectivity index (χ4v) is 4.80. The van der Waals surface area contributed by atoms with Gasteiger partial charge in [0.15, 0.2) is 5.88 Å². The predicted molar refractivity (Wildman–Crippen MR) is 112 cm³/mol. The molecule has 0 fully saturated rings. The minimum absolute atomic E-state index is 0.455. The molecule has 0 amide bonds. The summed E-state index contributed by atoms with van der Waals surface area (Å²) in [6, 6.07) is 0. The Labute approximate surface area is 162 Å². The maximum Gasteiger partial charge on any atom is 0.184 e. The molecule has 2 aliphatic heterocycles. The highest BCUT2D eigenvalue weighted by Gasteiger charge is 2.39. The van der Waals surface area contributed by atoms with E-state index in [4.69, 9.17) is 9.47 Å². The number of hydrogen-bond acceptors (Lipinski definition) is 3. The lowest BCUT2D eigenvalue weighted by atomic mass is 9.77. The van der Waals surface area contributed by atoms with Crippen molar-refractivity contribution in [2.75, 3.05) is 5.32 Å². The highest BCUT2D eigenvalue weighted by atomic mass is 16.5. The van der Waals surface area contributed by atoms with Crippen molar-refractivity contribution < 1.29 is 9.47 Å². The van der Waals surface area contributed by atoms with E-state index in [-0.39, 0.29) is 0 Å². The van der Waals surface area contributed by atoms with E-state index >= 15 is 0 Å². The van der Waals surface area contributed by atoms with Crippen LogP contribution in [0.25, 0.3) is 11.1 Å². The molecular formula is C24H29NO2. The van der Waals surface area contributed by atoms with Crippen LogP contribution < -0.4 is 10.1 Å². The molecule has 0 bridgehead atoms. The van der Waals surface area contributed by atoms with Gasteiger partial charge in [0.2, 0.25) is 0 Å². The second-order valence-corrected chi connectivity index (χ2v) is 8.51. The SMILES string of the molecule is C=C1Nc2c(C)c(C)c3c(c2C(C)(C)O1)COc1c(C)c(C)c(C)c(C)c1-3. The average molecular weight is 364 g/mol. The third kappa shape index (κ3) is 2.27. The van der Waals surface area contributed by atoms with Crippen molar-refractivity contribution in [2.24, 2.45) is 0 Å². The van der Waals surface area contributed by atoms with E-state index in [0.717, 1.165) is 11.4 Å². The Hall–Kier alpha value is -2.42. The Bertz CT molecular complexity index is 1030. The molecule has 142 valence electrons. The highest BCUT2D eigenvalue weighted by Crippen LogP contribution is 2.52. The van der Waals surface area contributed by atoms with Gasteiger partial charge in [0.1, 0.15) is 18.0 Å². The van der Waals surface area contributed by atoms with Gasteiger partial charge in [-0.3, -0.25) is 0 Å². The molecule has 2 aliphatic rings. The molecule has 0 spiro atoms. The first kappa shape index (κ1) is 18.0. The van der Waals surface area contributed by atoms with Crippen molar-refractivity contribution in [3.8, 4) is 16.9 Å². The summed E-state index contributed by atoms with van der Waals surface area (Å²) in [5, 5.41) is 3.37. The van der Waals surface area contributed by atoms with Gasteiger partial charge in [0, 0.05) is 16.7 Å². The fraction of sp³-hybridized carbons (Fsp3) is 0.417. The van der Waals surface area contributed by atoms with Gasteiger partial charge in [-0.25, -0.2) is 0 Å². The molecule has 2 aromatic rings. The van der Waals surface area contributed by atoms with Crippen LogP contribution >= 0.6 is 0 Å². The van der Waals surface area contributed by atoms with Crippen molar-refractivity contribution >= 4 is 5.69 Å². The van der Waals surface area contributed by atoms with Gasteiger partial charge in [-0.05, 0) is 101 Å². The van der Waals surface area contributed by atoms with Crippen molar-refractivity contribution in [3.05, 3.63) is 57.0 Å². The summed E-state index contributed by atoms with van der Waals surface area (Å²) < 4.78 is 12.5. The molecule has 1 N–H and O–H groups in total. The normalized spacial score (nSPS) is 16.5. The molecule has 27 heavy (non-hydrogen) atoms. The molecule has 0 radical (unpaired) electrons. The molecule has 2 aromatic carbocycles. The van der Waals surface area contributed by atoms with E-state index in [0.29, 0.717) is 12.5 Å². The van der Waals surface area contributed by atoms with Crippen molar-refractivity contribution in [1.29, 1.82) is 0 Å². The average Bonchev–Trinajstić information content (AvgIpc) is 2.60. The number of anilines is 1. The van der Waals surface area contributed by atoms with Crippen molar-refractivity contribution in [2.45, 2.75) is 67.6 Å². The summed E-state index contributed by atoms with van der Waals surface area (Å²) in [6.07, 6.45) is 0. The second-order valence-electron chi connectivity index (χ2n) is 8.51. The zero-order valence-electron chi connectivity index (χ0n) is 17.7. The quantitative estimate of drug-likeness (QED) is 0.600. The number of rotatable bonds is 0. The third-order valence-electron chi connectivity index (χ3n) is 6.65. The van der Waals surface area contributed by atoms with Gasteiger partial charge in [-0.15, -0.1) is 0 Å². The molecule has 3 heteroatoms. The lowest BCUT2D eigenvalue weighted by molar-refractivity contribution is 0.0280. The largest absolute Gasteiger partial charge is 0.488 e. The molecule has 0 saturated carbocycles. The van der Waals surface area contributed by atoms with E-state index in [9.17, 15) is 0 Å². The minimum Gasteiger partial charge on any atom is -0.488 e. The van der Waals surface area contributed by atoms with Gasteiger partial charge in [0.05, 0.1) is 5.69 Å². The first-order chi connectivity index (χ1) is 12.6. The molecule has 0 atom stereocenters. The van der Waals surface area contributed by atoms with E-state index in [1.165, 1.54) is 55.6 Å². The Morgan fingerprint density at radius 3 is 2.07 bits per heavy atom. The Morgan fingerprint density at radius 1 is 0.815 bits per heavy atom. The Balaban J connectivity index is 2.16. The molecule has 0 saturated heterocycles. The molecular weight excluding hydrogens is 334 g/mol. The zero-order valence-corrected chi connectivity index (χ0v) is 17.7. The highest BCUT2D eigenvalue weighted by molar-refractivity contribution is 5.88. The van der Waals surface area contributed by atoms with Gasteiger partial charge in [-0.1, -0.05) is 0 Å². The number of ether oxygens (including phenoxy) is 2. The molecule has 4 rings (SSSR count). The maximum atomic E-state index is 6.37. The van der Waals surface area contributed by atoms with Gasteiger partial charge in [0.25, 0.3) is 0 Å². The Kier molecular flexibility index (Phi) is 3.69. The molecule has 0 aliphatic carbocycles. The van der Waals surface area contributed by atoms with Crippen LogP contribution in [0.15, 0.2) is 12.5 Å². The summed E-state index contributed by atoms with van der Waals surface area (Å²) in [6.45, 7) is 22.0. The molecule has 3 nitrogen and oxygen atoms in total. The van der Waals surface area contributed by atoms with Crippen molar-refractivity contribution in [1.82, 2.24) is 0 Å². The fourth-order valence-electron chi connectivity index (χ4n) is 4.80. The first-order valence-electron chi connectivity index (χ1n) is 9.61. The van der Waals surface area contributed by atoms with Gasteiger partial charge < -0.3 is 14.8 Å². The summed E-state index contributed by atoms with van der Waals surface area (Å²) in [5.41, 5.74) is 13.4. The van der Waals surface area contributed by atoms with E-state index in [1.54, 1.807) is 0 Å². The number of hydrogen-bond donors (Lipinski definition) is 1. The molecule has 0 aromatic heterocycles. The van der Waals surface area contributed by atoms with E-state index in [1.807, 2.05) is 0 Å². The maximum absolute atomic E-state index is 6.37. The van der Waals surface area contributed by atoms with Gasteiger partial charge in [-0.2, -0.15) is 0 Å². The first-order valence-corrected chi connectivity index (χ1v) is 9.61. The molecule has 2 heterocycles. The van der Waals surface area contributed by atoms with Crippen LogP contribution in [0.1, 0.15) is 58.4 Å². The van der Waals surface area contributed by atoms with Crippen LogP contribution in [0.2, 0.25) is 0 Å². The summed E-state index contributed by atoms with van der Waals surface area (Å²) in [7, 11) is 0. The predicted octanol–water partition coefficient (Wildman–Crippen LogP) is 6.24. The van der Waals surface area contributed by atoms with Gasteiger partial charge >= 0.3 is 0 Å². The summed E-state index contributed by atoms with van der Waals surface area (Å²) in [4.78, 5) is 0. The topological polar surface area (TPSA) is 30.5 Å². The van der Waals surface area contributed by atoms with E-state index in [2.05, 4.69) is 67.3 Å². The second kappa shape index (κ2) is 5.54. The van der Waals surface area contributed by atoms with Crippen LogP contribution in [-0.4, -0.2) is 0 Å². The van der Waals surface area contributed by atoms with Crippen LogP contribution in [-0.2, 0) is 16.9 Å². The standard InChI is InChI=1S/C24H29NO2/c1-11-12(2)16(6)23-20(13(11)3)19-14(4)15(5)22-21(18(19)10-26-23)24(8,9)27-17(7)25-22/h25H,7,10H2,1-6,8-9H3. The monoisotopic (exact) mass is 363 g/mol. The lowest BCUT2D eigenvalue weighted by Gasteiger charge is -2.41. The lowest BCUT2D eigenvalue weighted by Crippen LogP contribution is -2.33. The number of nitrogens with one attached hydrogen (secondary N) is 1. The minimum atomic E-state index is -0.455. The number of benzene rings is 2. The van der Waals surface area contributed by atoms with Crippen LogP contribution in [0, 0.1) is 41.5 Å². The van der Waals surface area contributed by atoms with Crippen molar-refractivity contribution in [3.63, 3.8) is 0 Å².